The monoisotopic (exact) mass is 337 g/mol. The second kappa shape index (κ2) is 6.51. The smallest absolute Gasteiger partial charge is 0.304 e. The number of carbonyl (C=O) groups is 3. The molecule has 1 fully saturated rings. The molecule has 0 bridgehead atoms. The van der Waals surface area contributed by atoms with E-state index in [9.17, 15) is 19.5 Å². The number of carbonyl (C=O) groups excluding carboxylic acids is 2. The first kappa shape index (κ1) is 16.9. The van der Waals surface area contributed by atoms with E-state index in [1.54, 1.807) is 12.1 Å². The highest BCUT2D eigenvalue weighted by molar-refractivity contribution is 6.10. The Labute approximate surface area is 145 Å². The van der Waals surface area contributed by atoms with Crippen LogP contribution < -0.4 is 0 Å². The third kappa shape index (κ3) is 3.05. The van der Waals surface area contributed by atoms with Gasteiger partial charge in [-0.2, -0.15) is 0 Å². The average Bonchev–Trinajstić information content (AvgIpc) is 2.80. The quantitative estimate of drug-likeness (QED) is 0.851. The Bertz CT molecular complexity index is 831. The standard InChI is InChI=1S/C20H19NO4/c1-14-7-5-6-10-16(14)20(12-18(23)24)11-17(22)21(19(20)25)13-15-8-3-2-4-9-15/h2-10H,11-13H2,1H3,(H,23,24)/t20-/m1/s1. The van der Waals surface area contributed by atoms with Crippen molar-refractivity contribution >= 4 is 17.8 Å². The van der Waals surface area contributed by atoms with Crippen LogP contribution in [0.2, 0.25) is 0 Å². The maximum absolute atomic E-state index is 13.2. The van der Waals surface area contributed by atoms with Crippen LogP contribution in [0.5, 0.6) is 0 Å². The van der Waals surface area contributed by atoms with Crippen LogP contribution in [0.3, 0.4) is 0 Å². The second-order valence-electron chi connectivity index (χ2n) is 6.41. The zero-order valence-electron chi connectivity index (χ0n) is 13.9. The highest BCUT2D eigenvalue weighted by atomic mass is 16.4. The number of carboxylic acids is 1. The van der Waals surface area contributed by atoms with Gasteiger partial charge in [-0.1, -0.05) is 54.6 Å². The summed E-state index contributed by atoms with van der Waals surface area (Å²) in [4.78, 5) is 38.4. The number of nitrogens with zero attached hydrogens (tertiary/aromatic N) is 1. The lowest BCUT2D eigenvalue weighted by Gasteiger charge is -2.27. The van der Waals surface area contributed by atoms with E-state index in [4.69, 9.17) is 0 Å². The molecule has 1 atom stereocenters. The van der Waals surface area contributed by atoms with Crippen LogP contribution in [0.4, 0.5) is 0 Å². The molecule has 0 aromatic heterocycles. The van der Waals surface area contributed by atoms with E-state index in [1.807, 2.05) is 49.4 Å². The lowest BCUT2D eigenvalue weighted by molar-refractivity contribution is -0.145. The topological polar surface area (TPSA) is 74.7 Å². The summed E-state index contributed by atoms with van der Waals surface area (Å²) in [5, 5.41) is 9.39. The summed E-state index contributed by atoms with van der Waals surface area (Å²) in [5.41, 5.74) is 0.932. The molecule has 1 N–H and O–H groups in total. The first-order chi connectivity index (χ1) is 11.9. The van der Waals surface area contributed by atoms with Crippen molar-refractivity contribution in [3.05, 3.63) is 71.3 Å². The van der Waals surface area contributed by atoms with Crippen molar-refractivity contribution in [2.75, 3.05) is 0 Å². The third-order valence-corrected chi connectivity index (χ3v) is 4.71. The molecule has 128 valence electrons. The van der Waals surface area contributed by atoms with Crippen LogP contribution >= 0.6 is 0 Å². The lowest BCUT2D eigenvalue weighted by atomic mass is 9.74. The van der Waals surface area contributed by atoms with Gasteiger partial charge in [0, 0.05) is 6.42 Å². The second-order valence-corrected chi connectivity index (χ2v) is 6.41. The van der Waals surface area contributed by atoms with Gasteiger partial charge in [-0.05, 0) is 23.6 Å². The van der Waals surface area contributed by atoms with E-state index < -0.39 is 23.7 Å². The van der Waals surface area contributed by atoms with Gasteiger partial charge in [-0.15, -0.1) is 0 Å². The summed E-state index contributed by atoms with van der Waals surface area (Å²) in [7, 11) is 0. The minimum atomic E-state index is -1.33. The van der Waals surface area contributed by atoms with Gasteiger partial charge in [-0.25, -0.2) is 0 Å². The fourth-order valence-corrected chi connectivity index (χ4v) is 3.54. The maximum atomic E-state index is 13.2. The molecule has 2 amide bonds. The van der Waals surface area contributed by atoms with Crippen molar-refractivity contribution in [1.29, 1.82) is 0 Å². The molecule has 0 saturated carbocycles. The Balaban J connectivity index is 2.02. The van der Waals surface area contributed by atoms with Gasteiger partial charge >= 0.3 is 5.97 Å². The predicted molar refractivity (Wildman–Crippen MR) is 91.7 cm³/mol. The molecule has 0 aliphatic carbocycles. The van der Waals surface area contributed by atoms with Crippen LogP contribution in [0.25, 0.3) is 0 Å². The number of hydrogen-bond acceptors (Lipinski definition) is 3. The zero-order chi connectivity index (χ0) is 18.0. The summed E-state index contributed by atoms with van der Waals surface area (Å²) in [6, 6.07) is 16.4. The van der Waals surface area contributed by atoms with Crippen LogP contribution in [0.15, 0.2) is 54.6 Å². The zero-order valence-corrected chi connectivity index (χ0v) is 13.9. The first-order valence-electron chi connectivity index (χ1n) is 8.11. The number of rotatable bonds is 5. The van der Waals surface area contributed by atoms with E-state index in [0.29, 0.717) is 5.56 Å². The molecule has 1 aliphatic rings. The molecule has 1 saturated heterocycles. The largest absolute Gasteiger partial charge is 0.481 e. The van der Waals surface area contributed by atoms with E-state index in [0.717, 1.165) is 11.1 Å². The Morgan fingerprint density at radius 3 is 2.36 bits per heavy atom. The fraction of sp³-hybridized carbons (Fsp3) is 0.250. The first-order valence-corrected chi connectivity index (χ1v) is 8.11. The van der Waals surface area contributed by atoms with E-state index >= 15 is 0 Å². The Morgan fingerprint density at radius 2 is 1.72 bits per heavy atom. The highest BCUT2D eigenvalue weighted by Gasteiger charge is 2.54. The molecule has 5 nitrogen and oxygen atoms in total. The molecule has 0 radical (unpaired) electrons. The number of aryl methyl sites for hydroxylation is 1. The minimum absolute atomic E-state index is 0.115. The summed E-state index contributed by atoms with van der Waals surface area (Å²) >= 11 is 0. The van der Waals surface area contributed by atoms with Gasteiger partial charge in [0.2, 0.25) is 11.8 Å². The van der Waals surface area contributed by atoms with Gasteiger partial charge in [0.05, 0.1) is 18.4 Å². The van der Waals surface area contributed by atoms with Crippen LogP contribution in [0.1, 0.15) is 29.5 Å². The number of hydrogen-bond donors (Lipinski definition) is 1. The molecule has 2 aromatic rings. The van der Waals surface area contributed by atoms with E-state index in [2.05, 4.69) is 0 Å². The van der Waals surface area contributed by atoms with Crippen LogP contribution in [0, 0.1) is 6.92 Å². The average molecular weight is 337 g/mol. The molecule has 1 aliphatic heterocycles. The SMILES string of the molecule is Cc1ccccc1[C@]1(CC(=O)O)CC(=O)N(Cc2ccccc2)C1=O. The van der Waals surface area contributed by atoms with E-state index in [1.165, 1.54) is 4.90 Å². The van der Waals surface area contributed by atoms with Crippen molar-refractivity contribution in [1.82, 2.24) is 4.90 Å². The van der Waals surface area contributed by atoms with Crippen molar-refractivity contribution in [2.45, 2.75) is 31.7 Å². The van der Waals surface area contributed by atoms with Gasteiger partial charge in [0.15, 0.2) is 0 Å². The van der Waals surface area contributed by atoms with Crippen LogP contribution in [-0.4, -0.2) is 27.8 Å². The molecule has 0 unspecified atom stereocenters. The molecule has 5 heteroatoms. The van der Waals surface area contributed by atoms with Crippen molar-refractivity contribution in [3.8, 4) is 0 Å². The lowest BCUT2D eigenvalue weighted by Crippen LogP contribution is -2.40. The fourth-order valence-electron chi connectivity index (χ4n) is 3.54. The van der Waals surface area contributed by atoms with Gasteiger partial charge in [-0.3, -0.25) is 19.3 Å². The van der Waals surface area contributed by atoms with Crippen molar-refractivity contribution in [2.24, 2.45) is 0 Å². The number of imide groups is 1. The van der Waals surface area contributed by atoms with Crippen molar-refractivity contribution < 1.29 is 19.5 Å². The number of benzene rings is 2. The molecule has 25 heavy (non-hydrogen) atoms. The Kier molecular flexibility index (Phi) is 4.40. The number of carboxylic acid groups (broad SMARTS) is 1. The van der Waals surface area contributed by atoms with E-state index in [-0.39, 0.29) is 18.9 Å². The maximum Gasteiger partial charge on any atom is 0.304 e. The summed E-state index contributed by atoms with van der Waals surface area (Å²) in [6.07, 6.45) is -0.510. The summed E-state index contributed by atoms with van der Waals surface area (Å²) in [5.74, 6) is -1.86. The predicted octanol–water partition coefficient (Wildman–Crippen LogP) is 2.67. The summed E-state index contributed by atoms with van der Waals surface area (Å²) < 4.78 is 0. The molecular formula is C20H19NO4. The summed E-state index contributed by atoms with van der Waals surface area (Å²) in [6.45, 7) is 1.99. The molecule has 2 aromatic carbocycles. The van der Waals surface area contributed by atoms with Crippen molar-refractivity contribution in [3.63, 3.8) is 0 Å². The van der Waals surface area contributed by atoms with Gasteiger partial charge < -0.3 is 5.11 Å². The molecular weight excluding hydrogens is 318 g/mol. The van der Waals surface area contributed by atoms with Crippen LogP contribution in [-0.2, 0) is 26.3 Å². The number of likely N-dealkylation sites (tertiary alicyclic amines) is 1. The normalized spacial score (nSPS) is 20.1. The minimum Gasteiger partial charge on any atom is -0.481 e. The molecule has 0 spiro atoms. The number of aliphatic carboxylic acids is 1. The van der Waals surface area contributed by atoms with Gasteiger partial charge in [0.1, 0.15) is 0 Å². The Hall–Kier alpha value is -2.95. The molecule has 1 heterocycles. The van der Waals surface area contributed by atoms with Gasteiger partial charge in [0.25, 0.3) is 0 Å². The molecule has 3 rings (SSSR count). The Morgan fingerprint density at radius 1 is 1.08 bits per heavy atom. The third-order valence-electron chi connectivity index (χ3n) is 4.71. The number of amides is 2. The highest BCUT2D eigenvalue weighted by Crippen LogP contribution is 2.41.